The smallest absolute Gasteiger partial charge is 0.315 e. The maximum absolute atomic E-state index is 12.6. The molecule has 2 amide bonds. The number of carbonyl (C=O) groups is 1. The summed E-state index contributed by atoms with van der Waals surface area (Å²) in [5.41, 5.74) is 2.54. The molecule has 2 N–H and O–H groups in total. The molecule has 2 fully saturated rings. The van der Waals surface area contributed by atoms with E-state index < -0.39 is 0 Å². The van der Waals surface area contributed by atoms with E-state index in [0.29, 0.717) is 12.1 Å². The standard InChI is InChI=1S/C25H33N3O2/c1-18(13-20-9-6-10-24(14-20)30-2)26-25(29)27-21-15-22-11-12-23(16-21)28(22)17-19-7-4-3-5-8-19/h3-10,14,18,21-23H,11-13,15-17H2,1-2H3,(H2,26,27,29). The monoisotopic (exact) mass is 407 g/mol. The minimum atomic E-state index is -0.0497. The lowest BCUT2D eigenvalue weighted by molar-refractivity contribution is 0.111. The molecule has 5 heteroatoms. The Morgan fingerprint density at radius 3 is 2.47 bits per heavy atom. The first-order valence-corrected chi connectivity index (χ1v) is 11.1. The van der Waals surface area contributed by atoms with Crippen molar-refractivity contribution >= 4 is 6.03 Å². The van der Waals surface area contributed by atoms with Crippen LogP contribution in [0.3, 0.4) is 0 Å². The molecular weight excluding hydrogens is 374 g/mol. The molecule has 0 aromatic heterocycles. The zero-order chi connectivity index (χ0) is 20.9. The fraction of sp³-hybridized carbons (Fsp3) is 0.480. The molecule has 2 aromatic rings. The zero-order valence-electron chi connectivity index (χ0n) is 18.0. The quantitative estimate of drug-likeness (QED) is 0.726. The molecule has 2 saturated heterocycles. The van der Waals surface area contributed by atoms with E-state index in [0.717, 1.165) is 37.1 Å². The third-order valence-electron chi connectivity index (χ3n) is 6.48. The van der Waals surface area contributed by atoms with Gasteiger partial charge in [0, 0.05) is 30.7 Å². The summed E-state index contributed by atoms with van der Waals surface area (Å²) in [5.74, 6) is 0.849. The van der Waals surface area contributed by atoms with Crippen molar-refractivity contribution in [3.63, 3.8) is 0 Å². The number of nitrogens with one attached hydrogen (secondary N) is 2. The van der Waals surface area contributed by atoms with Gasteiger partial charge in [0.2, 0.25) is 0 Å². The average molecular weight is 408 g/mol. The first-order valence-electron chi connectivity index (χ1n) is 11.1. The van der Waals surface area contributed by atoms with E-state index in [1.54, 1.807) is 7.11 Å². The van der Waals surface area contributed by atoms with Gasteiger partial charge in [-0.25, -0.2) is 4.79 Å². The summed E-state index contributed by atoms with van der Waals surface area (Å²) in [4.78, 5) is 15.2. The van der Waals surface area contributed by atoms with E-state index in [4.69, 9.17) is 4.74 Å². The van der Waals surface area contributed by atoms with Gasteiger partial charge in [0.25, 0.3) is 0 Å². The van der Waals surface area contributed by atoms with Gasteiger partial charge in [0.15, 0.2) is 0 Å². The second kappa shape index (κ2) is 9.52. The number of rotatable bonds is 7. The molecule has 2 aliphatic rings. The number of nitrogens with zero attached hydrogens (tertiary/aromatic N) is 1. The number of piperidine rings is 1. The van der Waals surface area contributed by atoms with E-state index in [1.807, 2.05) is 25.1 Å². The highest BCUT2D eigenvalue weighted by Gasteiger charge is 2.40. The molecule has 2 bridgehead atoms. The lowest BCUT2D eigenvalue weighted by atomic mass is 9.96. The predicted molar refractivity (Wildman–Crippen MR) is 120 cm³/mol. The molecule has 3 unspecified atom stereocenters. The first kappa shape index (κ1) is 20.7. The molecule has 2 aliphatic heterocycles. The highest BCUT2D eigenvalue weighted by atomic mass is 16.5. The van der Waals surface area contributed by atoms with Crippen molar-refractivity contribution in [2.75, 3.05) is 7.11 Å². The average Bonchev–Trinajstić information content (AvgIpc) is 2.96. The van der Waals surface area contributed by atoms with Gasteiger partial charge in [-0.3, -0.25) is 4.90 Å². The molecule has 160 valence electrons. The molecule has 0 spiro atoms. The molecule has 5 nitrogen and oxygen atoms in total. The molecule has 4 rings (SSSR count). The van der Waals surface area contributed by atoms with E-state index in [1.165, 1.54) is 18.4 Å². The normalized spacial score (nSPS) is 24.3. The van der Waals surface area contributed by atoms with Crippen LogP contribution in [0, 0.1) is 0 Å². The summed E-state index contributed by atoms with van der Waals surface area (Å²) in [6.45, 7) is 3.07. The van der Waals surface area contributed by atoms with Crippen LogP contribution in [-0.2, 0) is 13.0 Å². The zero-order valence-corrected chi connectivity index (χ0v) is 18.0. The van der Waals surface area contributed by atoms with Crippen LogP contribution in [0.4, 0.5) is 4.79 Å². The Kier molecular flexibility index (Phi) is 6.58. The Morgan fingerprint density at radius 2 is 1.77 bits per heavy atom. The lowest BCUT2D eigenvalue weighted by Crippen LogP contribution is -2.53. The van der Waals surface area contributed by atoms with Crippen LogP contribution in [-0.4, -0.2) is 42.2 Å². The molecule has 2 aromatic carbocycles. The van der Waals surface area contributed by atoms with Crippen molar-refractivity contribution in [2.24, 2.45) is 0 Å². The first-order chi connectivity index (χ1) is 14.6. The highest BCUT2D eigenvalue weighted by molar-refractivity contribution is 5.74. The maximum Gasteiger partial charge on any atom is 0.315 e. The number of hydrogen-bond acceptors (Lipinski definition) is 3. The number of carbonyl (C=O) groups excluding carboxylic acids is 1. The van der Waals surface area contributed by atoms with E-state index in [2.05, 4.69) is 51.9 Å². The number of fused-ring (bicyclic) bond motifs is 2. The second-order valence-electron chi connectivity index (χ2n) is 8.79. The molecule has 0 radical (unpaired) electrons. The van der Waals surface area contributed by atoms with Gasteiger partial charge in [-0.1, -0.05) is 42.5 Å². The third kappa shape index (κ3) is 5.14. The fourth-order valence-electron chi connectivity index (χ4n) is 5.10. The van der Waals surface area contributed by atoms with Gasteiger partial charge in [-0.2, -0.15) is 0 Å². The number of urea groups is 1. The largest absolute Gasteiger partial charge is 0.497 e. The van der Waals surface area contributed by atoms with E-state index in [9.17, 15) is 4.79 Å². The Balaban J connectivity index is 1.25. The van der Waals surface area contributed by atoms with Crippen LogP contribution in [0.2, 0.25) is 0 Å². The van der Waals surface area contributed by atoms with Crippen LogP contribution >= 0.6 is 0 Å². The molecule has 0 saturated carbocycles. The van der Waals surface area contributed by atoms with Crippen LogP contribution in [0.25, 0.3) is 0 Å². The van der Waals surface area contributed by atoms with Crippen LogP contribution in [0.5, 0.6) is 5.75 Å². The summed E-state index contributed by atoms with van der Waals surface area (Å²) in [6.07, 6.45) is 5.35. The number of methoxy groups -OCH3 is 1. The molecule has 30 heavy (non-hydrogen) atoms. The van der Waals surface area contributed by atoms with E-state index in [-0.39, 0.29) is 18.1 Å². The second-order valence-corrected chi connectivity index (χ2v) is 8.79. The van der Waals surface area contributed by atoms with Gasteiger partial charge in [0.05, 0.1) is 7.11 Å². The van der Waals surface area contributed by atoms with E-state index >= 15 is 0 Å². The van der Waals surface area contributed by atoms with Crippen molar-refractivity contribution in [1.29, 1.82) is 0 Å². The number of amides is 2. The fourth-order valence-corrected chi connectivity index (χ4v) is 5.10. The number of ether oxygens (including phenoxy) is 1. The lowest BCUT2D eigenvalue weighted by Gasteiger charge is -2.39. The van der Waals surface area contributed by atoms with Crippen LogP contribution in [0.15, 0.2) is 54.6 Å². The van der Waals surface area contributed by atoms with Gasteiger partial charge < -0.3 is 15.4 Å². The SMILES string of the molecule is COc1cccc(CC(C)NC(=O)NC2CC3CCC(C2)N3Cc2ccccc2)c1. The van der Waals surface area contributed by atoms with Gasteiger partial charge in [-0.15, -0.1) is 0 Å². The summed E-state index contributed by atoms with van der Waals surface area (Å²) < 4.78 is 5.29. The summed E-state index contributed by atoms with van der Waals surface area (Å²) in [6, 6.07) is 20.2. The van der Waals surface area contributed by atoms with Crippen molar-refractivity contribution in [3.8, 4) is 5.75 Å². The predicted octanol–water partition coefficient (Wildman–Crippen LogP) is 4.12. The van der Waals surface area contributed by atoms with Crippen molar-refractivity contribution in [2.45, 2.75) is 69.7 Å². The Morgan fingerprint density at radius 1 is 1.07 bits per heavy atom. The minimum absolute atomic E-state index is 0.0497. The third-order valence-corrected chi connectivity index (χ3v) is 6.48. The Hall–Kier alpha value is -2.53. The maximum atomic E-state index is 12.6. The molecular formula is C25H33N3O2. The van der Waals surface area contributed by atoms with Crippen molar-refractivity contribution in [1.82, 2.24) is 15.5 Å². The highest BCUT2D eigenvalue weighted by Crippen LogP contribution is 2.36. The Bertz CT molecular complexity index is 827. The van der Waals surface area contributed by atoms with Crippen LogP contribution < -0.4 is 15.4 Å². The topological polar surface area (TPSA) is 53.6 Å². The van der Waals surface area contributed by atoms with Crippen LogP contribution in [0.1, 0.15) is 43.7 Å². The van der Waals surface area contributed by atoms with Gasteiger partial charge in [0.1, 0.15) is 5.75 Å². The molecule has 2 heterocycles. The Labute approximate surface area is 179 Å². The molecule has 0 aliphatic carbocycles. The van der Waals surface area contributed by atoms with Crippen molar-refractivity contribution < 1.29 is 9.53 Å². The molecule has 3 atom stereocenters. The van der Waals surface area contributed by atoms with Gasteiger partial charge in [-0.05, 0) is 62.3 Å². The summed E-state index contributed by atoms with van der Waals surface area (Å²) in [5, 5.41) is 6.35. The summed E-state index contributed by atoms with van der Waals surface area (Å²) in [7, 11) is 1.67. The number of benzene rings is 2. The van der Waals surface area contributed by atoms with Crippen molar-refractivity contribution in [3.05, 3.63) is 65.7 Å². The summed E-state index contributed by atoms with van der Waals surface area (Å²) >= 11 is 0. The van der Waals surface area contributed by atoms with Gasteiger partial charge >= 0.3 is 6.03 Å². The minimum Gasteiger partial charge on any atom is -0.497 e. The number of hydrogen-bond donors (Lipinski definition) is 2.